The van der Waals surface area contributed by atoms with Gasteiger partial charge in [-0.05, 0) is 49.2 Å². The van der Waals surface area contributed by atoms with E-state index in [0.29, 0.717) is 43.5 Å². The van der Waals surface area contributed by atoms with Gasteiger partial charge in [-0.2, -0.15) is 4.31 Å². The minimum atomic E-state index is -3.44. The fraction of sp³-hybridized carbons (Fsp3) is 0.350. The quantitative estimate of drug-likeness (QED) is 0.691. The number of piperazine rings is 1. The van der Waals surface area contributed by atoms with Crippen molar-refractivity contribution >= 4 is 21.1 Å². The Morgan fingerprint density at radius 3 is 2.48 bits per heavy atom. The van der Waals surface area contributed by atoms with Crippen molar-refractivity contribution < 1.29 is 12.8 Å². The van der Waals surface area contributed by atoms with Gasteiger partial charge in [0.25, 0.3) is 0 Å². The van der Waals surface area contributed by atoms with Gasteiger partial charge in [-0.25, -0.2) is 13.4 Å². The van der Waals surface area contributed by atoms with Crippen LogP contribution in [0.3, 0.4) is 0 Å². The lowest BCUT2D eigenvalue weighted by atomic mass is 10.2. The zero-order valence-corrected chi connectivity index (χ0v) is 16.4. The maximum Gasteiger partial charge on any atom is 0.243 e. The Balaban J connectivity index is 1.42. The highest BCUT2D eigenvalue weighted by Crippen LogP contribution is 2.21. The second kappa shape index (κ2) is 7.07. The fourth-order valence-electron chi connectivity index (χ4n) is 3.40. The third kappa shape index (κ3) is 3.76. The van der Waals surface area contributed by atoms with Crippen LogP contribution < -0.4 is 0 Å². The van der Waals surface area contributed by atoms with Crippen LogP contribution in [0.2, 0.25) is 0 Å². The van der Waals surface area contributed by atoms with Gasteiger partial charge in [-0.3, -0.25) is 4.90 Å². The van der Waals surface area contributed by atoms with Crippen molar-refractivity contribution in [1.82, 2.24) is 14.2 Å². The topological polar surface area (TPSA) is 66.7 Å². The van der Waals surface area contributed by atoms with E-state index >= 15 is 0 Å². The number of benzene rings is 2. The average molecular weight is 385 g/mol. The first-order valence-corrected chi connectivity index (χ1v) is 10.5. The molecule has 7 heteroatoms. The molecule has 0 atom stereocenters. The average Bonchev–Trinajstić information content (AvgIpc) is 3.03. The maximum absolute atomic E-state index is 12.8. The van der Waals surface area contributed by atoms with E-state index < -0.39 is 10.0 Å². The molecule has 2 aromatic carbocycles. The lowest BCUT2D eigenvalue weighted by Crippen LogP contribution is -2.48. The molecule has 4 rings (SSSR count). The van der Waals surface area contributed by atoms with Crippen LogP contribution in [0.25, 0.3) is 11.1 Å². The summed E-state index contributed by atoms with van der Waals surface area (Å²) in [6.45, 7) is 6.77. The van der Waals surface area contributed by atoms with Crippen LogP contribution in [-0.2, 0) is 16.6 Å². The van der Waals surface area contributed by atoms with Crippen LogP contribution in [-0.4, -0.2) is 48.8 Å². The molecule has 6 nitrogen and oxygen atoms in total. The molecule has 1 aromatic heterocycles. The molecule has 27 heavy (non-hydrogen) atoms. The van der Waals surface area contributed by atoms with Gasteiger partial charge in [-0.1, -0.05) is 18.2 Å². The van der Waals surface area contributed by atoms with E-state index in [9.17, 15) is 8.42 Å². The molecule has 0 amide bonds. The first kappa shape index (κ1) is 18.2. The Hall–Kier alpha value is -2.22. The van der Waals surface area contributed by atoms with Crippen molar-refractivity contribution in [3.05, 3.63) is 59.5 Å². The number of hydrogen-bond acceptors (Lipinski definition) is 5. The predicted octanol–water partition coefficient (Wildman–Crippen LogP) is 2.95. The van der Waals surface area contributed by atoms with Crippen molar-refractivity contribution in [2.24, 2.45) is 0 Å². The number of sulfonamides is 1. The lowest BCUT2D eigenvalue weighted by molar-refractivity contribution is 0.169. The number of fused-ring (bicyclic) bond motifs is 1. The summed E-state index contributed by atoms with van der Waals surface area (Å²) in [5.74, 6) is 0.672. The molecule has 0 N–H and O–H groups in total. The minimum absolute atomic E-state index is 0.366. The van der Waals surface area contributed by atoms with E-state index in [4.69, 9.17) is 4.42 Å². The van der Waals surface area contributed by atoms with E-state index in [1.807, 2.05) is 38.1 Å². The maximum atomic E-state index is 12.8. The molecule has 0 unspecified atom stereocenters. The van der Waals surface area contributed by atoms with Crippen LogP contribution in [0.4, 0.5) is 0 Å². The van der Waals surface area contributed by atoms with E-state index in [2.05, 4.69) is 9.88 Å². The highest BCUT2D eigenvalue weighted by Gasteiger charge is 2.29. The Labute approximate surface area is 159 Å². The third-order valence-electron chi connectivity index (χ3n) is 4.90. The fourth-order valence-corrected chi connectivity index (χ4v) is 4.92. The number of aromatic nitrogens is 1. The highest BCUT2D eigenvalue weighted by molar-refractivity contribution is 7.89. The number of nitrogens with zero attached hydrogens (tertiary/aromatic N) is 3. The monoisotopic (exact) mass is 385 g/mol. The first-order chi connectivity index (χ1) is 12.9. The number of aryl methyl sites for hydroxylation is 2. The SMILES string of the molecule is Cc1cccc(S(=O)(=O)N2CCN(Cc3nc4cc(C)ccc4o3)CC2)c1. The standard InChI is InChI=1S/C20H23N3O3S/c1-15-4-3-5-17(12-15)27(24,25)23-10-8-22(9-11-23)14-20-21-18-13-16(2)6-7-19(18)26-20/h3-7,12-13H,8-11,14H2,1-2H3. The predicted molar refractivity (Wildman–Crippen MR) is 104 cm³/mol. The van der Waals surface area contributed by atoms with Crippen LogP contribution in [0.15, 0.2) is 51.8 Å². The van der Waals surface area contributed by atoms with Crippen molar-refractivity contribution in [2.45, 2.75) is 25.3 Å². The van der Waals surface area contributed by atoms with Gasteiger partial charge in [0.05, 0.1) is 11.4 Å². The third-order valence-corrected chi connectivity index (χ3v) is 6.80. The van der Waals surface area contributed by atoms with Crippen LogP contribution in [0.5, 0.6) is 0 Å². The molecule has 1 fully saturated rings. The molecule has 2 heterocycles. The molecular weight excluding hydrogens is 362 g/mol. The molecule has 0 saturated carbocycles. The lowest BCUT2D eigenvalue weighted by Gasteiger charge is -2.33. The van der Waals surface area contributed by atoms with Gasteiger partial charge >= 0.3 is 0 Å². The van der Waals surface area contributed by atoms with E-state index in [1.54, 1.807) is 22.5 Å². The van der Waals surface area contributed by atoms with Crippen LogP contribution in [0, 0.1) is 13.8 Å². The van der Waals surface area contributed by atoms with E-state index in [1.165, 1.54) is 0 Å². The summed E-state index contributed by atoms with van der Waals surface area (Å²) in [5, 5.41) is 0. The number of rotatable bonds is 4. The Morgan fingerprint density at radius 2 is 1.74 bits per heavy atom. The second-order valence-corrected chi connectivity index (χ2v) is 9.01. The van der Waals surface area contributed by atoms with E-state index in [-0.39, 0.29) is 0 Å². The highest BCUT2D eigenvalue weighted by atomic mass is 32.2. The van der Waals surface area contributed by atoms with Gasteiger partial charge in [0.2, 0.25) is 15.9 Å². The molecule has 0 spiro atoms. The molecule has 0 bridgehead atoms. The van der Waals surface area contributed by atoms with Crippen LogP contribution >= 0.6 is 0 Å². The van der Waals surface area contributed by atoms with Gasteiger partial charge in [0, 0.05) is 26.2 Å². The first-order valence-electron chi connectivity index (χ1n) is 9.07. The molecule has 142 valence electrons. The zero-order valence-electron chi connectivity index (χ0n) is 15.6. The zero-order chi connectivity index (χ0) is 19.0. The van der Waals surface area contributed by atoms with Gasteiger partial charge in [-0.15, -0.1) is 0 Å². The summed E-state index contributed by atoms with van der Waals surface area (Å²) in [6.07, 6.45) is 0. The van der Waals surface area contributed by atoms with Crippen molar-refractivity contribution in [2.75, 3.05) is 26.2 Å². The molecule has 0 aliphatic carbocycles. The number of oxazole rings is 1. The van der Waals surface area contributed by atoms with Crippen molar-refractivity contribution in [1.29, 1.82) is 0 Å². The van der Waals surface area contributed by atoms with Gasteiger partial charge in [0.1, 0.15) is 5.52 Å². The normalized spacial score (nSPS) is 16.8. The van der Waals surface area contributed by atoms with E-state index in [0.717, 1.165) is 22.2 Å². The second-order valence-electron chi connectivity index (χ2n) is 7.08. The Kier molecular flexibility index (Phi) is 4.75. The van der Waals surface area contributed by atoms with Crippen molar-refractivity contribution in [3.63, 3.8) is 0 Å². The molecular formula is C20H23N3O3S. The summed E-state index contributed by atoms with van der Waals surface area (Å²) in [6, 6.07) is 13.0. The molecule has 0 radical (unpaired) electrons. The van der Waals surface area contributed by atoms with Crippen molar-refractivity contribution in [3.8, 4) is 0 Å². The molecule has 1 aliphatic heterocycles. The Bertz CT molecular complexity index is 1070. The summed E-state index contributed by atoms with van der Waals surface area (Å²) in [4.78, 5) is 7.10. The molecule has 1 aliphatic rings. The summed E-state index contributed by atoms with van der Waals surface area (Å²) in [5.41, 5.74) is 3.75. The molecule has 1 saturated heterocycles. The largest absolute Gasteiger partial charge is 0.439 e. The number of hydrogen-bond donors (Lipinski definition) is 0. The smallest absolute Gasteiger partial charge is 0.243 e. The summed E-state index contributed by atoms with van der Waals surface area (Å²) >= 11 is 0. The van der Waals surface area contributed by atoms with Crippen LogP contribution in [0.1, 0.15) is 17.0 Å². The minimum Gasteiger partial charge on any atom is -0.439 e. The summed E-state index contributed by atoms with van der Waals surface area (Å²) < 4.78 is 33.0. The summed E-state index contributed by atoms with van der Waals surface area (Å²) in [7, 11) is -3.44. The Morgan fingerprint density at radius 1 is 1.00 bits per heavy atom. The van der Waals surface area contributed by atoms with Gasteiger partial charge in [0.15, 0.2) is 5.58 Å². The van der Waals surface area contributed by atoms with Gasteiger partial charge < -0.3 is 4.42 Å². The molecule has 3 aromatic rings.